The van der Waals surface area contributed by atoms with E-state index in [1.165, 1.54) is 5.56 Å². The fourth-order valence-electron chi connectivity index (χ4n) is 3.30. The second kappa shape index (κ2) is 11.7. The molecule has 0 saturated carbocycles. The number of β-amino-alcohol motifs (C(OH)–C–C–N with tert-alkyl or cyclic N) is 1. The van der Waals surface area contributed by atoms with E-state index >= 15 is 0 Å². The minimum absolute atomic E-state index is 0. The van der Waals surface area contributed by atoms with E-state index in [0.717, 1.165) is 31.4 Å². The number of likely N-dealkylation sites (tertiary alicyclic amines) is 1. The summed E-state index contributed by atoms with van der Waals surface area (Å²) in [5.41, 5.74) is 1.19. The molecule has 7 heteroatoms. The van der Waals surface area contributed by atoms with Crippen LogP contribution in [0.1, 0.15) is 31.2 Å². The van der Waals surface area contributed by atoms with E-state index in [-0.39, 0.29) is 25.6 Å². The van der Waals surface area contributed by atoms with Crippen LogP contribution in [0.4, 0.5) is 0 Å². The lowest BCUT2D eigenvalue weighted by molar-refractivity contribution is -0.145. The summed E-state index contributed by atoms with van der Waals surface area (Å²) in [5, 5.41) is 38.9. The maximum atomic E-state index is 9.95. The Morgan fingerprint density at radius 3 is 2.50 bits per heavy atom. The van der Waals surface area contributed by atoms with E-state index in [2.05, 4.69) is 0 Å². The van der Waals surface area contributed by atoms with Gasteiger partial charge in [0.15, 0.2) is 0 Å². The number of hydrogen-bond acceptors (Lipinski definition) is 6. The third-order valence-electron chi connectivity index (χ3n) is 4.81. The Balaban J connectivity index is 0.00000338. The summed E-state index contributed by atoms with van der Waals surface area (Å²) in [7, 11) is 0. The van der Waals surface area contributed by atoms with Crippen LogP contribution < -0.4 is 4.74 Å². The normalized spacial score (nSPS) is 26.3. The Hall–Kier alpha value is -0.890. The van der Waals surface area contributed by atoms with Gasteiger partial charge in [-0.3, -0.25) is 4.90 Å². The average molecular weight is 390 g/mol. The number of benzene rings is 1. The summed E-state index contributed by atoms with van der Waals surface area (Å²) >= 11 is 0. The topological polar surface area (TPSA) is 93.4 Å². The summed E-state index contributed by atoms with van der Waals surface area (Å²) in [5.74, 6) is 0.903. The lowest BCUT2D eigenvalue weighted by Crippen LogP contribution is -2.62. The van der Waals surface area contributed by atoms with Crippen LogP contribution in [0.15, 0.2) is 24.3 Å². The maximum absolute atomic E-state index is 9.95. The summed E-state index contributed by atoms with van der Waals surface area (Å²) in [6, 6.07) is 7.50. The molecule has 150 valence electrons. The van der Waals surface area contributed by atoms with Gasteiger partial charge in [-0.15, -0.1) is 12.4 Å². The standard InChI is InChI=1S/C19H31NO5.ClH/c1-14-7-6-8-15(11-14)25-10-5-3-2-4-9-20-12-17(22)19(24)18(23)16(20)13-21;/h6-8,11,16-19,21-24H,2-5,9-10,12-13H2,1H3;1H/t16-,17+,18-,19-;/m1./s1. The lowest BCUT2D eigenvalue weighted by atomic mass is 9.94. The van der Waals surface area contributed by atoms with E-state index in [4.69, 9.17) is 4.74 Å². The Kier molecular flexibility index (Phi) is 10.5. The molecule has 0 aromatic heterocycles. The number of aliphatic hydroxyl groups is 4. The van der Waals surface area contributed by atoms with Gasteiger partial charge >= 0.3 is 0 Å². The predicted molar refractivity (Wildman–Crippen MR) is 103 cm³/mol. The van der Waals surface area contributed by atoms with Crippen LogP contribution in [-0.2, 0) is 0 Å². The highest BCUT2D eigenvalue weighted by molar-refractivity contribution is 5.85. The summed E-state index contributed by atoms with van der Waals surface area (Å²) < 4.78 is 5.72. The van der Waals surface area contributed by atoms with E-state index in [1.807, 2.05) is 36.1 Å². The van der Waals surface area contributed by atoms with Crippen LogP contribution >= 0.6 is 12.4 Å². The van der Waals surface area contributed by atoms with E-state index in [9.17, 15) is 20.4 Å². The van der Waals surface area contributed by atoms with Gasteiger partial charge in [0, 0.05) is 6.54 Å². The van der Waals surface area contributed by atoms with E-state index < -0.39 is 24.4 Å². The zero-order valence-electron chi connectivity index (χ0n) is 15.3. The third kappa shape index (κ3) is 6.68. The molecular formula is C19H32ClNO5. The number of piperidine rings is 1. The second-order valence-electron chi connectivity index (χ2n) is 6.87. The Bertz CT molecular complexity index is 518. The number of halogens is 1. The SMILES string of the molecule is Cc1cccc(OCCCCCCN2C[C@H](O)[C@@H](O)[C@H](O)[C@H]2CO)c1.Cl. The van der Waals surface area contributed by atoms with Gasteiger partial charge in [-0.25, -0.2) is 0 Å². The summed E-state index contributed by atoms with van der Waals surface area (Å²) in [6.07, 6.45) is 0.666. The van der Waals surface area contributed by atoms with Crippen LogP contribution in [0.3, 0.4) is 0 Å². The van der Waals surface area contributed by atoms with Gasteiger partial charge in [-0.2, -0.15) is 0 Å². The lowest BCUT2D eigenvalue weighted by Gasteiger charge is -2.43. The largest absolute Gasteiger partial charge is 0.494 e. The zero-order chi connectivity index (χ0) is 18.2. The van der Waals surface area contributed by atoms with Gasteiger partial charge in [0.1, 0.15) is 18.0 Å². The van der Waals surface area contributed by atoms with Crippen LogP contribution in [0.25, 0.3) is 0 Å². The minimum Gasteiger partial charge on any atom is -0.494 e. The van der Waals surface area contributed by atoms with Gasteiger partial charge < -0.3 is 25.2 Å². The third-order valence-corrected chi connectivity index (χ3v) is 4.81. The van der Waals surface area contributed by atoms with Crippen molar-refractivity contribution in [2.75, 3.05) is 26.3 Å². The average Bonchev–Trinajstić information content (AvgIpc) is 2.59. The van der Waals surface area contributed by atoms with Gasteiger partial charge in [-0.05, 0) is 44.0 Å². The van der Waals surface area contributed by atoms with Gasteiger partial charge in [0.2, 0.25) is 0 Å². The minimum atomic E-state index is -1.19. The van der Waals surface area contributed by atoms with E-state index in [1.54, 1.807) is 0 Å². The van der Waals surface area contributed by atoms with Crippen molar-refractivity contribution in [3.63, 3.8) is 0 Å². The van der Waals surface area contributed by atoms with Gasteiger partial charge in [0.25, 0.3) is 0 Å². The van der Waals surface area contributed by atoms with Crippen LogP contribution in [0.5, 0.6) is 5.75 Å². The quantitative estimate of drug-likeness (QED) is 0.473. The van der Waals surface area contributed by atoms with Crippen molar-refractivity contribution in [3.05, 3.63) is 29.8 Å². The monoisotopic (exact) mass is 389 g/mol. The molecule has 1 aliphatic rings. The molecule has 0 radical (unpaired) electrons. The van der Waals surface area contributed by atoms with Crippen molar-refractivity contribution in [1.82, 2.24) is 4.90 Å². The van der Waals surface area contributed by atoms with Crippen LogP contribution in [0, 0.1) is 6.92 Å². The molecule has 0 bridgehead atoms. The number of rotatable bonds is 9. The summed E-state index contributed by atoms with van der Waals surface area (Å²) in [6.45, 7) is 3.47. The Labute approximate surface area is 161 Å². The molecular weight excluding hydrogens is 358 g/mol. The molecule has 0 spiro atoms. The molecule has 1 aromatic rings. The molecule has 0 amide bonds. The molecule has 1 aromatic carbocycles. The van der Waals surface area contributed by atoms with Crippen molar-refractivity contribution in [2.45, 2.75) is 57.0 Å². The number of hydrogen-bond donors (Lipinski definition) is 4. The number of nitrogens with zero attached hydrogens (tertiary/aromatic N) is 1. The molecule has 0 aliphatic carbocycles. The first-order valence-electron chi connectivity index (χ1n) is 9.11. The van der Waals surface area contributed by atoms with E-state index in [0.29, 0.717) is 13.2 Å². The molecule has 26 heavy (non-hydrogen) atoms. The second-order valence-corrected chi connectivity index (χ2v) is 6.87. The van der Waals surface area contributed by atoms with Crippen molar-refractivity contribution in [2.24, 2.45) is 0 Å². The van der Waals surface area contributed by atoms with Crippen LogP contribution in [-0.4, -0.2) is 76.0 Å². The van der Waals surface area contributed by atoms with Gasteiger partial charge in [0.05, 0.1) is 25.4 Å². The summed E-state index contributed by atoms with van der Waals surface area (Å²) in [4.78, 5) is 1.87. The highest BCUT2D eigenvalue weighted by Gasteiger charge is 2.40. The molecule has 1 aliphatic heterocycles. The highest BCUT2D eigenvalue weighted by atomic mass is 35.5. The first-order chi connectivity index (χ1) is 12.0. The zero-order valence-corrected chi connectivity index (χ0v) is 16.1. The molecule has 0 unspecified atom stereocenters. The van der Waals surface area contributed by atoms with Crippen molar-refractivity contribution < 1.29 is 25.2 Å². The first kappa shape index (κ1) is 23.1. The molecule has 2 rings (SSSR count). The van der Waals surface area contributed by atoms with Crippen molar-refractivity contribution in [1.29, 1.82) is 0 Å². The predicted octanol–water partition coefficient (Wildman–Crippen LogP) is 1.12. The molecule has 1 heterocycles. The van der Waals surface area contributed by atoms with Gasteiger partial charge in [-0.1, -0.05) is 25.0 Å². The van der Waals surface area contributed by atoms with Crippen LogP contribution in [0.2, 0.25) is 0 Å². The molecule has 6 nitrogen and oxygen atoms in total. The smallest absolute Gasteiger partial charge is 0.119 e. The first-order valence-corrected chi connectivity index (χ1v) is 9.11. The molecule has 4 atom stereocenters. The number of ether oxygens (including phenoxy) is 1. The fraction of sp³-hybridized carbons (Fsp3) is 0.684. The number of unbranched alkanes of at least 4 members (excludes halogenated alkanes) is 3. The number of aliphatic hydroxyl groups excluding tert-OH is 4. The fourth-order valence-corrected chi connectivity index (χ4v) is 3.30. The Morgan fingerprint density at radius 2 is 1.81 bits per heavy atom. The maximum Gasteiger partial charge on any atom is 0.119 e. The van der Waals surface area contributed by atoms with Crippen molar-refractivity contribution >= 4 is 12.4 Å². The molecule has 1 fully saturated rings. The number of aryl methyl sites for hydroxylation is 1. The molecule has 4 N–H and O–H groups in total. The Morgan fingerprint density at radius 1 is 1.08 bits per heavy atom. The highest BCUT2D eigenvalue weighted by Crippen LogP contribution is 2.20. The van der Waals surface area contributed by atoms with Crippen molar-refractivity contribution in [3.8, 4) is 5.75 Å². The molecule has 1 saturated heterocycles.